The Balaban J connectivity index is 1.88. The SMILES string of the molecule is CC(C)[C@@H](N)CNc1nc(-c2c(O)ccc3ccccc23)nc2ccccc12. The van der Waals surface area contributed by atoms with Crippen molar-refractivity contribution in [3.8, 4) is 17.1 Å². The molecule has 0 bridgehead atoms. The van der Waals surface area contributed by atoms with Crippen molar-refractivity contribution in [2.75, 3.05) is 11.9 Å². The van der Waals surface area contributed by atoms with E-state index in [1.54, 1.807) is 6.07 Å². The van der Waals surface area contributed by atoms with Crippen molar-refractivity contribution >= 4 is 27.5 Å². The van der Waals surface area contributed by atoms with Crippen molar-refractivity contribution in [2.45, 2.75) is 19.9 Å². The van der Waals surface area contributed by atoms with Crippen molar-refractivity contribution in [1.82, 2.24) is 9.97 Å². The molecule has 1 aromatic heterocycles. The fraction of sp³-hybridized carbons (Fsp3) is 0.217. The summed E-state index contributed by atoms with van der Waals surface area (Å²) in [4.78, 5) is 9.51. The Labute approximate surface area is 164 Å². The van der Waals surface area contributed by atoms with Crippen molar-refractivity contribution in [2.24, 2.45) is 11.7 Å². The molecule has 1 atom stereocenters. The van der Waals surface area contributed by atoms with E-state index in [-0.39, 0.29) is 11.8 Å². The van der Waals surface area contributed by atoms with E-state index in [0.29, 0.717) is 23.9 Å². The molecule has 0 unspecified atom stereocenters. The minimum absolute atomic E-state index is 0.0168. The number of phenolic OH excluding ortho intramolecular Hbond substituents is 1. The van der Waals surface area contributed by atoms with Crippen LogP contribution in [0.5, 0.6) is 5.75 Å². The third kappa shape index (κ3) is 3.37. The number of benzene rings is 3. The highest BCUT2D eigenvalue weighted by atomic mass is 16.3. The van der Waals surface area contributed by atoms with Crippen LogP contribution >= 0.6 is 0 Å². The Hall–Kier alpha value is -3.18. The minimum Gasteiger partial charge on any atom is -0.507 e. The summed E-state index contributed by atoms with van der Waals surface area (Å²) < 4.78 is 0. The maximum Gasteiger partial charge on any atom is 0.166 e. The third-order valence-corrected chi connectivity index (χ3v) is 5.10. The van der Waals surface area contributed by atoms with Crippen LogP contribution in [-0.2, 0) is 0 Å². The van der Waals surface area contributed by atoms with Crippen LogP contribution in [0.2, 0.25) is 0 Å². The molecule has 5 heteroatoms. The van der Waals surface area contributed by atoms with Crippen molar-refractivity contribution in [1.29, 1.82) is 0 Å². The first-order chi connectivity index (χ1) is 13.5. The molecule has 0 saturated carbocycles. The van der Waals surface area contributed by atoms with E-state index in [0.717, 1.165) is 27.5 Å². The van der Waals surface area contributed by atoms with Gasteiger partial charge < -0.3 is 16.2 Å². The van der Waals surface area contributed by atoms with Gasteiger partial charge in [-0.1, -0.05) is 56.3 Å². The number of hydrogen-bond donors (Lipinski definition) is 3. The third-order valence-electron chi connectivity index (χ3n) is 5.10. The number of aromatic hydroxyl groups is 1. The molecule has 0 amide bonds. The number of rotatable bonds is 5. The largest absolute Gasteiger partial charge is 0.507 e. The molecule has 0 aliphatic heterocycles. The lowest BCUT2D eigenvalue weighted by atomic mass is 10.0. The standard InChI is InChI=1S/C23H24N4O/c1-14(2)18(24)13-25-22-17-9-5-6-10-19(17)26-23(27-22)21-16-8-4-3-7-15(16)11-12-20(21)28/h3-12,14,18,28H,13,24H2,1-2H3,(H,25,26,27)/t18-/m0/s1. The zero-order valence-electron chi connectivity index (χ0n) is 16.1. The molecule has 142 valence electrons. The predicted octanol–water partition coefficient (Wildman–Crippen LogP) is 4.55. The second-order valence-electron chi connectivity index (χ2n) is 7.38. The van der Waals surface area contributed by atoms with Gasteiger partial charge in [0.05, 0.1) is 11.1 Å². The van der Waals surface area contributed by atoms with E-state index in [1.807, 2.05) is 54.6 Å². The summed E-state index contributed by atoms with van der Waals surface area (Å²) in [5.41, 5.74) is 7.67. The fourth-order valence-corrected chi connectivity index (χ4v) is 3.27. The van der Waals surface area contributed by atoms with Crippen LogP contribution in [0.3, 0.4) is 0 Å². The monoisotopic (exact) mass is 372 g/mol. The van der Waals surface area contributed by atoms with Crippen LogP contribution in [-0.4, -0.2) is 27.7 Å². The van der Waals surface area contributed by atoms with Crippen LogP contribution in [0.25, 0.3) is 33.1 Å². The van der Waals surface area contributed by atoms with E-state index in [1.165, 1.54) is 0 Å². The number of fused-ring (bicyclic) bond motifs is 2. The molecule has 0 fully saturated rings. The number of nitrogens with zero attached hydrogens (tertiary/aromatic N) is 2. The lowest BCUT2D eigenvalue weighted by molar-refractivity contribution is 0.477. The first-order valence-electron chi connectivity index (χ1n) is 9.52. The average molecular weight is 372 g/mol. The number of nitrogens with two attached hydrogens (primary N) is 1. The van der Waals surface area contributed by atoms with E-state index < -0.39 is 0 Å². The zero-order chi connectivity index (χ0) is 19.7. The molecule has 4 rings (SSSR count). The molecule has 1 heterocycles. The van der Waals surface area contributed by atoms with Crippen molar-refractivity contribution < 1.29 is 5.11 Å². The van der Waals surface area contributed by atoms with Gasteiger partial charge in [0.2, 0.25) is 0 Å². The number of anilines is 1. The molecule has 0 aliphatic rings. The Morgan fingerprint density at radius 3 is 2.43 bits per heavy atom. The van der Waals surface area contributed by atoms with Gasteiger partial charge in [-0.25, -0.2) is 9.97 Å². The normalized spacial score (nSPS) is 12.6. The number of hydrogen-bond acceptors (Lipinski definition) is 5. The van der Waals surface area contributed by atoms with Crippen LogP contribution in [0, 0.1) is 5.92 Å². The van der Waals surface area contributed by atoms with Gasteiger partial charge in [-0.2, -0.15) is 0 Å². The molecule has 3 aromatic carbocycles. The summed E-state index contributed by atoms with van der Waals surface area (Å²) >= 11 is 0. The second-order valence-corrected chi connectivity index (χ2v) is 7.38. The molecule has 28 heavy (non-hydrogen) atoms. The highest BCUT2D eigenvalue weighted by molar-refractivity contribution is 6.00. The minimum atomic E-state index is 0.0168. The van der Waals surface area contributed by atoms with Gasteiger partial charge in [-0.15, -0.1) is 0 Å². The van der Waals surface area contributed by atoms with E-state index in [4.69, 9.17) is 15.7 Å². The van der Waals surface area contributed by atoms with Gasteiger partial charge in [0.1, 0.15) is 11.6 Å². The number of phenols is 1. The first-order valence-corrected chi connectivity index (χ1v) is 9.52. The van der Waals surface area contributed by atoms with E-state index in [2.05, 4.69) is 19.2 Å². The summed E-state index contributed by atoms with van der Waals surface area (Å²) in [6.45, 7) is 4.81. The molecule has 4 aromatic rings. The molecular weight excluding hydrogens is 348 g/mol. The molecule has 0 spiro atoms. The Morgan fingerprint density at radius 2 is 1.64 bits per heavy atom. The number of aromatic nitrogens is 2. The Bertz CT molecular complexity index is 1140. The van der Waals surface area contributed by atoms with Gasteiger partial charge in [-0.3, -0.25) is 0 Å². The summed E-state index contributed by atoms with van der Waals surface area (Å²) in [5, 5.41) is 16.9. The van der Waals surface area contributed by atoms with Crippen molar-refractivity contribution in [3.63, 3.8) is 0 Å². The summed E-state index contributed by atoms with van der Waals surface area (Å²) in [5.74, 6) is 1.75. The highest BCUT2D eigenvalue weighted by Gasteiger charge is 2.16. The number of nitrogens with one attached hydrogen (secondary N) is 1. The maximum atomic E-state index is 10.6. The van der Waals surface area contributed by atoms with Crippen LogP contribution < -0.4 is 11.1 Å². The lowest BCUT2D eigenvalue weighted by Gasteiger charge is -2.18. The predicted molar refractivity (Wildman–Crippen MR) is 115 cm³/mol. The van der Waals surface area contributed by atoms with Gasteiger partial charge in [0, 0.05) is 18.0 Å². The Morgan fingerprint density at radius 1 is 0.929 bits per heavy atom. The van der Waals surface area contributed by atoms with E-state index in [9.17, 15) is 5.11 Å². The number of para-hydroxylation sites is 1. The summed E-state index contributed by atoms with van der Waals surface area (Å²) in [7, 11) is 0. The van der Waals surface area contributed by atoms with Gasteiger partial charge in [0.25, 0.3) is 0 Å². The first kappa shape index (κ1) is 18.2. The molecule has 4 N–H and O–H groups in total. The maximum absolute atomic E-state index is 10.6. The van der Waals surface area contributed by atoms with E-state index >= 15 is 0 Å². The summed E-state index contributed by atoms with van der Waals surface area (Å²) in [6.07, 6.45) is 0. The van der Waals surface area contributed by atoms with Crippen LogP contribution in [0.15, 0.2) is 60.7 Å². The topological polar surface area (TPSA) is 84.1 Å². The fourth-order valence-electron chi connectivity index (χ4n) is 3.27. The molecular formula is C23H24N4O. The molecule has 5 nitrogen and oxygen atoms in total. The van der Waals surface area contributed by atoms with Crippen LogP contribution in [0.4, 0.5) is 5.82 Å². The second kappa shape index (κ2) is 7.44. The lowest BCUT2D eigenvalue weighted by Crippen LogP contribution is -2.34. The van der Waals surface area contributed by atoms with Gasteiger partial charge >= 0.3 is 0 Å². The molecule has 0 radical (unpaired) electrons. The van der Waals surface area contributed by atoms with Gasteiger partial charge in [0.15, 0.2) is 5.82 Å². The van der Waals surface area contributed by atoms with Crippen LogP contribution in [0.1, 0.15) is 13.8 Å². The zero-order valence-corrected chi connectivity index (χ0v) is 16.1. The molecule has 0 aliphatic carbocycles. The molecule has 0 saturated heterocycles. The summed E-state index contributed by atoms with van der Waals surface area (Å²) in [6, 6.07) is 19.4. The van der Waals surface area contributed by atoms with Crippen molar-refractivity contribution in [3.05, 3.63) is 60.7 Å². The Kier molecular flexibility index (Phi) is 4.84. The highest BCUT2D eigenvalue weighted by Crippen LogP contribution is 2.36. The van der Waals surface area contributed by atoms with Gasteiger partial charge in [-0.05, 0) is 34.9 Å². The average Bonchev–Trinajstić information content (AvgIpc) is 2.71. The smallest absolute Gasteiger partial charge is 0.166 e. The quantitative estimate of drug-likeness (QED) is 0.479.